The van der Waals surface area contributed by atoms with Gasteiger partial charge >= 0.3 is 0 Å². The van der Waals surface area contributed by atoms with E-state index in [1.165, 1.54) is 5.56 Å². The second-order valence-electron chi connectivity index (χ2n) is 6.21. The summed E-state index contributed by atoms with van der Waals surface area (Å²) >= 11 is 0. The highest BCUT2D eigenvalue weighted by molar-refractivity contribution is 6.17. The summed E-state index contributed by atoms with van der Waals surface area (Å²) in [4.78, 5) is 24.7. The van der Waals surface area contributed by atoms with Crippen LogP contribution in [-0.4, -0.2) is 11.6 Å². The van der Waals surface area contributed by atoms with Crippen molar-refractivity contribution in [3.63, 3.8) is 0 Å². The molecule has 0 aromatic heterocycles. The van der Waals surface area contributed by atoms with E-state index < -0.39 is 5.41 Å². The lowest BCUT2D eigenvalue weighted by atomic mass is 9.85. The highest BCUT2D eigenvalue weighted by atomic mass is 16.2. The van der Waals surface area contributed by atoms with Crippen molar-refractivity contribution in [1.82, 2.24) is 0 Å². The second-order valence-corrected chi connectivity index (χ2v) is 6.21. The first-order chi connectivity index (χ1) is 8.88. The van der Waals surface area contributed by atoms with E-state index in [9.17, 15) is 9.59 Å². The van der Waals surface area contributed by atoms with Gasteiger partial charge in [-0.2, -0.15) is 0 Å². The number of rotatable bonds is 5. The molecular formula is C17H22O2. The van der Waals surface area contributed by atoms with Crippen LogP contribution in [-0.2, 0) is 4.79 Å². The molecule has 1 aliphatic carbocycles. The first kappa shape index (κ1) is 14.0. The van der Waals surface area contributed by atoms with Gasteiger partial charge in [0.1, 0.15) is 5.78 Å². The van der Waals surface area contributed by atoms with Gasteiger partial charge in [-0.15, -0.1) is 0 Å². The zero-order valence-corrected chi connectivity index (χ0v) is 12.2. The molecule has 0 unspecified atom stereocenters. The van der Waals surface area contributed by atoms with Gasteiger partial charge in [0.15, 0.2) is 5.78 Å². The molecule has 1 aromatic carbocycles. The molecule has 2 heteroatoms. The molecule has 102 valence electrons. The number of carbonyl (C=O) groups is 2. The third-order valence-corrected chi connectivity index (χ3v) is 4.02. The summed E-state index contributed by atoms with van der Waals surface area (Å²) in [6, 6.07) is 7.72. The van der Waals surface area contributed by atoms with Crippen molar-refractivity contribution < 1.29 is 9.59 Å². The Labute approximate surface area is 115 Å². The van der Waals surface area contributed by atoms with Crippen molar-refractivity contribution in [2.45, 2.75) is 46.5 Å². The number of carbonyl (C=O) groups excluding carboxylic acids is 2. The molecule has 1 aromatic rings. The molecule has 0 radical (unpaired) electrons. The molecule has 0 N–H and O–H groups in total. The summed E-state index contributed by atoms with van der Waals surface area (Å²) in [7, 11) is 0. The lowest BCUT2D eigenvalue weighted by Gasteiger charge is -2.15. The molecule has 0 spiro atoms. The fourth-order valence-corrected chi connectivity index (χ4v) is 2.56. The zero-order chi connectivity index (χ0) is 14.2. The summed E-state index contributed by atoms with van der Waals surface area (Å²) in [5, 5.41) is 0. The summed E-state index contributed by atoms with van der Waals surface area (Å²) in [5.41, 5.74) is 1.19. The minimum Gasteiger partial charge on any atom is -0.298 e. The van der Waals surface area contributed by atoms with Crippen LogP contribution in [0.15, 0.2) is 24.3 Å². The molecule has 0 aliphatic heterocycles. The van der Waals surface area contributed by atoms with Gasteiger partial charge in [0.05, 0.1) is 5.41 Å². The van der Waals surface area contributed by atoms with E-state index in [1.807, 2.05) is 38.1 Å². The SMILES string of the molecule is CC(C)C(=O)C1(C(=O)c2ccc(C(C)C)cc2)CC1. The topological polar surface area (TPSA) is 34.1 Å². The molecule has 0 atom stereocenters. The van der Waals surface area contributed by atoms with E-state index in [-0.39, 0.29) is 17.5 Å². The summed E-state index contributed by atoms with van der Waals surface area (Å²) in [6.07, 6.45) is 1.43. The molecule has 1 saturated carbocycles. The minimum absolute atomic E-state index is 0.0153. The average Bonchev–Trinajstić information content (AvgIpc) is 3.18. The predicted octanol–water partition coefficient (Wildman–Crippen LogP) is 4.00. The quantitative estimate of drug-likeness (QED) is 0.591. The van der Waals surface area contributed by atoms with Crippen molar-refractivity contribution in [2.75, 3.05) is 0 Å². The molecule has 0 amide bonds. The minimum atomic E-state index is -0.701. The average molecular weight is 258 g/mol. The van der Waals surface area contributed by atoms with Crippen LogP contribution >= 0.6 is 0 Å². The number of hydrogen-bond acceptors (Lipinski definition) is 2. The highest BCUT2D eigenvalue weighted by Crippen LogP contribution is 2.50. The maximum atomic E-state index is 12.5. The van der Waals surface area contributed by atoms with Crippen molar-refractivity contribution >= 4 is 11.6 Å². The molecule has 0 heterocycles. The van der Waals surface area contributed by atoms with Crippen LogP contribution < -0.4 is 0 Å². The van der Waals surface area contributed by atoms with Crippen LogP contribution in [0.4, 0.5) is 0 Å². The van der Waals surface area contributed by atoms with Crippen LogP contribution in [0.5, 0.6) is 0 Å². The van der Waals surface area contributed by atoms with Gasteiger partial charge in [0.2, 0.25) is 0 Å². The molecule has 0 bridgehead atoms. The Morgan fingerprint density at radius 3 is 1.89 bits per heavy atom. The van der Waals surface area contributed by atoms with Crippen molar-refractivity contribution in [1.29, 1.82) is 0 Å². The largest absolute Gasteiger partial charge is 0.298 e. The number of Topliss-reactive ketones (excluding diaryl/α,β-unsaturated/α-hetero) is 2. The molecule has 2 nitrogen and oxygen atoms in total. The molecular weight excluding hydrogens is 236 g/mol. The van der Waals surface area contributed by atoms with Gasteiger partial charge < -0.3 is 0 Å². The number of hydrogen-bond donors (Lipinski definition) is 0. The third kappa shape index (κ3) is 2.49. The van der Waals surface area contributed by atoms with Gasteiger partial charge in [-0.3, -0.25) is 9.59 Å². The van der Waals surface area contributed by atoms with Crippen molar-refractivity contribution in [3.8, 4) is 0 Å². The predicted molar refractivity (Wildman–Crippen MR) is 76.4 cm³/mol. The lowest BCUT2D eigenvalue weighted by Crippen LogP contribution is -2.29. The number of ketones is 2. The fraction of sp³-hybridized carbons (Fsp3) is 0.529. The first-order valence-electron chi connectivity index (χ1n) is 7.07. The lowest BCUT2D eigenvalue weighted by molar-refractivity contribution is -0.125. The van der Waals surface area contributed by atoms with Crippen molar-refractivity contribution in [2.24, 2.45) is 11.3 Å². The van der Waals surface area contributed by atoms with E-state index in [1.54, 1.807) is 0 Å². The molecule has 2 rings (SSSR count). The van der Waals surface area contributed by atoms with Crippen LogP contribution in [0.2, 0.25) is 0 Å². The monoisotopic (exact) mass is 258 g/mol. The zero-order valence-electron chi connectivity index (χ0n) is 12.2. The summed E-state index contributed by atoms with van der Waals surface area (Å²) < 4.78 is 0. The smallest absolute Gasteiger partial charge is 0.176 e. The van der Waals surface area contributed by atoms with Gasteiger partial charge in [0.25, 0.3) is 0 Å². The highest BCUT2D eigenvalue weighted by Gasteiger charge is 2.56. The van der Waals surface area contributed by atoms with E-state index in [0.29, 0.717) is 11.5 Å². The normalized spacial score (nSPS) is 16.7. The maximum Gasteiger partial charge on any atom is 0.176 e. The second kappa shape index (κ2) is 4.92. The molecule has 1 aliphatic rings. The molecule has 19 heavy (non-hydrogen) atoms. The Balaban J connectivity index is 2.23. The van der Waals surface area contributed by atoms with E-state index in [2.05, 4.69) is 13.8 Å². The third-order valence-electron chi connectivity index (χ3n) is 4.02. The van der Waals surface area contributed by atoms with E-state index in [4.69, 9.17) is 0 Å². The van der Waals surface area contributed by atoms with Crippen molar-refractivity contribution in [3.05, 3.63) is 35.4 Å². The fourth-order valence-electron chi connectivity index (χ4n) is 2.56. The standard InChI is InChI=1S/C17H22O2/c1-11(2)13-5-7-14(8-6-13)16(19)17(9-10-17)15(18)12(3)4/h5-8,11-12H,9-10H2,1-4H3. The Morgan fingerprint density at radius 2 is 1.53 bits per heavy atom. The maximum absolute atomic E-state index is 12.5. The van der Waals surface area contributed by atoms with Crippen LogP contribution in [0.3, 0.4) is 0 Å². The summed E-state index contributed by atoms with van der Waals surface area (Å²) in [6.45, 7) is 8.00. The van der Waals surface area contributed by atoms with Gasteiger partial charge in [-0.25, -0.2) is 0 Å². The first-order valence-corrected chi connectivity index (χ1v) is 7.07. The Bertz CT molecular complexity index is 490. The van der Waals surface area contributed by atoms with E-state index >= 15 is 0 Å². The van der Waals surface area contributed by atoms with Crippen LogP contribution in [0.25, 0.3) is 0 Å². The Morgan fingerprint density at radius 1 is 1.00 bits per heavy atom. The molecule has 1 fully saturated rings. The van der Waals surface area contributed by atoms with Gasteiger partial charge in [-0.05, 0) is 24.3 Å². The molecule has 0 saturated heterocycles. The Hall–Kier alpha value is -1.44. The summed E-state index contributed by atoms with van der Waals surface area (Å²) in [5.74, 6) is 0.504. The van der Waals surface area contributed by atoms with Gasteiger partial charge in [0, 0.05) is 11.5 Å². The van der Waals surface area contributed by atoms with Crippen LogP contribution in [0.1, 0.15) is 62.4 Å². The Kier molecular flexibility index (Phi) is 3.62. The number of benzene rings is 1. The van der Waals surface area contributed by atoms with Gasteiger partial charge in [-0.1, -0.05) is 52.0 Å². The van der Waals surface area contributed by atoms with Crippen LogP contribution in [0, 0.1) is 11.3 Å². The van der Waals surface area contributed by atoms with E-state index in [0.717, 1.165) is 12.8 Å².